The monoisotopic (exact) mass is 353 g/mol. The lowest BCUT2D eigenvalue weighted by molar-refractivity contribution is 0.170. The molecule has 104 valence electrons. The highest BCUT2D eigenvalue weighted by atomic mass is 79.9. The highest BCUT2D eigenvalue weighted by Crippen LogP contribution is 2.34. The van der Waals surface area contributed by atoms with E-state index in [0.717, 1.165) is 27.2 Å². The van der Waals surface area contributed by atoms with Gasteiger partial charge >= 0.3 is 0 Å². The Morgan fingerprint density at radius 2 is 2.00 bits per heavy atom. The average molecular weight is 355 g/mol. The third-order valence-electron chi connectivity index (χ3n) is 3.05. The van der Waals surface area contributed by atoms with Crippen LogP contribution < -0.4 is 14.8 Å². The molecule has 0 aliphatic carbocycles. The van der Waals surface area contributed by atoms with Crippen LogP contribution in [0.5, 0.6) is 11.5 Å². The molecule has 0 radical (unpaired) electrons. The molecule has 0 bridgehead atoms. The summed E-state index contributed by atoms with van der Waals surface area (Å²) in [6.07, 6.45) is 0. The Bertz CT molecular complexity index is 633. The van der Waals surface area contributed by atoms with E-state index in [1.807, 2.05) is 36.4 Å². The third kappa shape index (κ3) is 2.86. The predicted molar refractivity (Wildman–Crippen MR) is 83.9 cm³/mol. The van der Waals surface area contributed by atoms with Crippen molar-refractivity contribution in [1.29, 1.82) is 0 Å². The first-order valence-electron chi connectivity index (χ1n) is 6.30. The molecule has 0 unspecified atom stereocenters. The van der Waals surface area contributed by atoms with Gasteiger partial charge in [0.2, 0.25) is 0 Å². The summed E-state index contributed by atoms with van der Waals surface area (Å²) in [5.41, 5.74) is 1.94. The number of ether oxygens (including phenoxy) is 2. The Morgan fingerprint density at radius 3 is 2.90 bits per heavy atom. The summed E-state index contributed by atoms with van der Waals surface area (Å²) in [6, 6.07) is 11.6. The number of anilines is 1. The van der Waals surface area contributed by atoms with E-state index in [-0.39, 0.29) is 0 Å². The largest absolute Gasteiger partial charge is 0.486 e. The van der Waals surface area contributed by atoms with E-state index in [9.17, 15) is 0 Å². The molecule has 0 aromatic heterocycles. The Labute approximate surface area is 131 Å². The van der Waals surface area contributed by atoms with Crippen molar-refractivity contribution in [2.45, 2.75) is 6.54 Å². The quantitative estimate of drug-likeness (QED) is 0.881. The van der Waals surface area contributed by atoms with Crippen molar-refractivity contribution in [2.24, 2.45) is 0 Å². The van der Waals surface area contributed by atoms with Crippen molar-refractivity contribution in [3.8, 4) is 11.5 Å². The van der Waals surface area contributed by atoms with E-state index >= 15 is 0 Å². The second-order valence-electron chi connectivity index (χ2n) is 4.42. The fourth-order valence-corrected chi connectivity index (χ4v) is 2.64. The predicted octanol–water partition coefficient (Wildman–Crippen LogP) is 4.49. The van der Waals surface area contributed by atoms with E-state index in [1.54, 1.807) is 0 Å². The third-order valence-corrected chi connectivity index (χ3v) is 3.87. The van der Waals surface area contributed by atoms with E-state index in [1.165, 1.54) is 0 Å². The molecule has 0 fully saturated rings. The molecule has 2 aromatic carbocycles. The minimum absolute atomic E-state index is 0.585. The van der Waals surface area contributed by atoms with Crippen molar-refractivity contribution >= 4 is 33.2 Å². The lowest BCUT2D eigenvalue weighted by atomic mass is 10.1. The number of hydrogen-bond donors (Lipinski definition) is 1. The number of hydrogen-bond acceptors (Lipinski definition) is 3. The standard InChI is InChI=1S/C15H13BrClNO2/c16-11-4-5-12(17)13(8-11)18-9-10-2-1-3-14-15(10)20-7-6-19-14/h1-5,8,18H,6-7,9H2. The minimum atomic E-state index is 0.585. The SMILES string of the molecule is Clc1ccc(Br)cc1NCc1cccc2c1OCCO2. The van der Waals surface area contributed by atoms with Gasteiger partial charge in [-0.25, -0.2) is 0 Å². The minimum Gasteiger partial charge on any atom is -0.486 e. The van der Waals surface area contributed by atoms with Crippen LogP contribution in [-0.4, -0.2) is 13.2 Å². The summed E-state index contributed by atoms with van der Waals surface area (Å²) in [5.74, 6) is 1.62. The number of benzene rings is 2. The summed E-state index contributed by atoms with van der Waals surface area (Å²) >= 11 is 9.61. The first-order valence-corrected chi connectivity index (χ1v) is 7.47. The fraction of sp³-hybridized carbons (Fsp3) is 0.200. The van der Waals surface area contributed by atoms with Crippen molar-refractivity contribution in [3.05, 3.63) is 51.5 Å². The highest BCUT2D eigenvalue weighted by Gasteiger charge is 2.15. The van der Waals surface area contributed by atoms with Gasteiger partial charge in [0, 0.05) is 16.6 Å². The molecule has 0 spiro atoms. The van der Waals surface area contributed by atoms with Gasteiger partial charge in [-0.15, -0.1) is 0 Å². The van der Waals surface area contributed by atoms with E-state index in [2.05, 4.69) is 21.2 Å². The summed E-state index contributed by atoms with van der Waals surface area (Å²) in [4.78, 5) is 0. The first kappa shape index (κ1) is 13.6. The molecule has 3 nitrogen and oxygen atoms in total. The molecule has 3 rings (SSSR count). The van der Waals surface area contributed by atoms with Crippen molar-refractivity contribution in [2.75, 3.05) is 18.5 Å². The Hall–Kier alpha value is -1.39. The van der Waals surface area contributed by atoms with E-state index in [4.69, 9.17) is 21.1 Å². The van der Waals surface area contributed by atoms with E-state index in [0.29, 0.717) is 24.8 Å². The maximum atomic E-state index is 6.17. The summed E-state index contributed by atoms with van der Waals surface area (Å²) in [5, 5.41) is 4.01. The topological polar surface area (TPSA) is 30.5 Å². The number of para-hydroxylation sites is 1. The zero-order valence-corrected chi connectivity index (χ0v) is 13.0. The molecule has 5 heteroatoms. The number of rotatable bonds is 3. The van der Waals surface area contributed by atoms with Gasteiger partial charge in [0.15, 0.2) is 11.5 Å². The van der Waals surface area contributed by atoms with Crippen LogP contribution in [0.25, 0.3) is 0 Å². The maximum absolute atomic E-state index is 6.17. The normalized spacial score (nSPS) is 13.1. The van der Waals surface area contributed by atoms with Crippen LogP contribution in [0.4, 0.5) is 5.69 Å². The summed E-state index contributed by atoms with van der Waals surface area (Å²) in [6.45, 7) is 1.81. The second-order valence-corrected chi connectivity index (χ2v) is 5.74. The molecule has 1 N–H and O–H groups in total. The van der Waals surface area contributed by atoms with Gasteiger partial charge in [0.25, 0.3) is 0 Å². The zero-order valence-electron chi connectivity index (χ0n) is 10.7. The summed E-state index contributed by atoms with van der Waals surface area (Å²) < 4.78 is 12.2. The molecule has 20 heavy (non-hydrogen) atoms. The van der Waals surface area contributed by atoms with Crippen LogP contribution in [-0.2, 0) is 6.54 Å². The summed E-state index contributed by atoms with van der Waals surface area (Å²) in [7, 11) is 0. The van der Waals surface area contributed by atoms with Gasteiger partial charge in [0.1, 0.15) is 13.2 Å². The smallest absolute Gasteiger partial charge is 0.166 e. The van der Waals surface area contributed by atoms with Crippen LogP contribution in [0.1, 0.15) is 5.56 Å². The number of halogens is 2. The van der Waals surface area contributed by atoms with Crippen molar-refractivity contribution in [1.82, 2.24) is 0 Å². The van der Waals surface area contributed by atoms with Crippen molar-refractivity contribution in [3.63, 3.8) is 0 Å². The van der Waals surface area contributed by atoms with Gasteiger partial charge in [-0.05, 0) is 24.3 Å². The number of nitrogens with one attached hydrogen (secondary N) is 1. The lowest BCUT2D eigenvalue weighted by Gasteiger charge is -2.21. The van der Waals surface area contributed by atoms with Gasteiger partial charge in [-0.1, -0.05) is 39.7 Å². The van der Waals surface area contributed by atoms with Crippen LogP contribution in [0, 0.1) is 0 Å². The highest BCUT2D eigenvalue weighted by molar-refractivity contribution is 9.10. The van der Waals surface area contributed by atoms with Gasteiger partial charge < -0.3 is 14.8 Å². The molecule has 2 aromatic rings. The molecule has 1 aliphatic rings. The van der Waals surface area contributed by atoms with Gasteiger partial charge in [-0.2, -0.15) is 0 Å². The van der Waals surface area contributed by atoms with E-state index < -0.39 is 0 Å². The van der Waals surface area contributed by atoms with Gasteiger partial charge in [-0.3, -0.25) is 0 Å². The molecule has 0 atom stereocenters. The lowest BCUT2D eigenvalue weighted by Crippen LogP contribution is -2.17. The molecular weight excluding hydrogens is 342 g/mol. The Kier molecular flexibility index (Phi) is 4.03. The van der Waals surface area contributed by atoms with Gasteiger partial charge in [0.05, 0.1) is 10.7 Å². The Morgan fingerprint density at radius 1 is 1.15 bits per heavy atom. The Balaban J connectivity index is 1.80. The molecule has 1 aliphatic heterocycles. The molecule has 0 saturated carbocycles. The average Bonchev–Trinajstić information content (AvgIpc) is 2.48. The maximum Gasteiger partial charge on any atom is 0.166 e. The molecule has 0 amide bonds. The fourth-order valence-electron chi connectivity index (χ4n) is 2.10. The number of fused-ring (bicyclic) bond motifs is 1. The molecular formula is C15H13BrClNO2. The van der Waals surface area contributed by atoms with Crippen LogP contribution in [0.15, 0.2) is 40.9 Å². The van der Waals surface area contributed by atoms with Crippen LogP contribution in [0.3, 0.4) is 0 Å². The molecule has 0 saturated heterocycles. The first-order chi connectivity index (χ1) is 9.74. The van der Waals surface area contributed by atoms with Crippen molar-refractivity contribution < 1.29 is 9.47 Å². The van der Waals surface area contributed by atoms with Crippen LogP contribution >= 0.6 is 27.5 Å². The molecule has 1 heterocycles. The van der Waals surface area contributed by atoms with Crippen LogP contribution in [0.2, 0.25) is 5.02 Å². The zero-order chi connectivity index (χ0) is 13.9. The second kappa shape index (κ2) is 5.94.